The molecule has 106 valence electrons. The van der Waals surface area contributed by atoms with Gasteiger partial charge < -0.3 is 24.8 Å². The fourth-order valence-corrected chi connectivity index (χ4v) is 2.14. The van der Waals surface area contributed by atoms with Crippen LogP contribution in [0.25, 0.3) is 21.5 Å². The van der Waals surface area contributed by atoms with Gasteiger partial charge in [0.15, 0.2) is 0 Å². The SMILES string of the molecule is [Cl-].[Cl-].[Mo+4].c1ccc2[cH-]ccc2c1.c1ccc2[cH-]ccc2c1. The largest absolute Gasteiger partial charge is 4.00 e. The zero-order valence-electron chi connectivity index (χ0n) is 11.2. The van der Waals surface area contributed by atoms with Gasteiger partial charge in [-0.05, 0) is 0 Å². The molecule has 0 aliphatic rings. The van der Waals surface area contributed by atoms with Gasteiger partial charge in [0.2, 0.25) is 0 Å². The van der Waals surface area contributed by atoms with Gasteiger partial charge in [-0.25, -0.2) is 0 Å². The third-order valence-electron chi connectivity index (χ3n) is 3.10. The van der Waals surface area contributed by atoms with Crippen molar-refractivity contribution in [3.8, 4) is 0 Å². The minimum atomic E-state index is 0. The molecule has 0 bridgehead atoms. The Bertz CT molecular complexity index is 629. The van der Waals surface area contributed by atoms with E-state index in [-0.39, 0.29) is 45.9 Å². The number of halogens is 2. The van der Waals surface area contributed by atoms with Crippen LogP contribution in [0.1, 0.15) is 0 Å². The van der Waals surface area contributed by atoms with Gasteiger partial charge in [0.25, 0.3) is 0 Å². The molecular weight excluding hydrogens is 383 g/mol. The molecule has 0 nitrogen and oxygen atoms in total. The Morgan fingerprint density at radius 2 is 0.905 bits per heavy atom. The van der Waals surface area contributed by atoms with E-state index in [1.165, 1.54) is 21.5 Å². The fourth-order valence-electron chi connectivity index (χ4n) is 2.14. The molecule has 0 atom stereocenters. The molecule has 0 radical (unpaired) electrons. The summed E-state index contributed by atoms with van der Waals surface area (Å²) < 4.78 is 0. The predicted molar refractivity (Wildman–Crippen MR) is 79.1 cm³/mol. The molecular formula is C18H14Cl2Mo. The Kier molecular flexibility index (Phi) is 9.29. The van der Waals surface area contributed by atoms with Crippen LogP contribution in [0.3, 0.4) is 0 Å². The van der Waals surface area contributed by atoms with Crippen molar-refractivity contribution in [3.05, 3.63) is 84.9 Å². The van der Waals surface area contributed by atoms with Gasteiger partial charge in [0, 0.05) is 0 Å². The van der Waals surface area contributed by atoms with E-state index in [1.54, 1.807) is 0 Å². The number of hydrogen-bond donors (Lipinski definition) is 0. The van der Waals surface area contributed by atoms with Gasteiger partial charge in [-0.3, -0.25) is 0 Å². The average molecular weight is 397 g/mol. The van der Waals surface area contributed by atoms with Crippen molar-refractivity contribution < 1.29 is 45.9 Å². The van der Waals surface area contributed by atoms with Crippen LogP contribution >= 0.6 is 0 Å². The van der Waals surface area contributed by atoms with E-state index in [2.05, 4.69) is 84.9 Å². The zero-order valence-corrected chi connectivity index (χ0v) is 14.8. The van der Waals surface area contributed by atoms with E-state index >= 15 is 0 Å². The maximum atomic E-state index is 2.12. The summed E-state index contributed by atoms with van der Waals surface area (Å²) in [4.78, 5) is 0. The van der Waals surface area contributed by atoms with E-state index in [9.17, 15) is 0 Å². The third kappa shape index (κ3) is 5.00. The van der Waals surface area contributed by atoms with Crippen LogP contribution < -0.4 is 24.8 Å². The summed E-state index contributed by atoms with van der Waals surface area (Å²) in [6.07, 6.45) is 0. The molecule has 0 aliphatic carbocycles. The van der Waals surface area contributed by atoms with Gasteiger partial charge in [0.05, 0.1) is 0 Å². The van der Waals surface area contributed by atoms with Crippen LogP contribution in [-0.2, 0) is 21.1 Å². The third-order valence-corrected chi connectivity index (χ3v) is 3.10. The summed E-state index contributed by atoms with van der Waals surface area (Å²) >= 11 is 0. The van der Waals surface area contributed by atoms with Gasteiger partial charge in [-0.15, -0.1) is 59.3 Å². The van der Waals surface area contributed by atoms with Gasteiger partial charge >= 0.3 is 21.1 Å². The van der Waals surface area contributed by atoms with Gasteiger partial charge in [-0.2, -0.15) is 35.0 Å². The minimum Gasteiger partial charge on any atom is -1.00 e. The van der Waals surface area contributed by atoms with E-state index in [0.717, 1.165) is 0 Å². The van der Waals surface area contributed by atoms with Crippen molar-refractivity contribution in [2.24, 2.45) is 0 Å². The molecule has 4 rings (SSSR count). The molecule has 0 saturated heterocycles. The van der Waals surface area contributed by atoms with E-state index < -0.39 is 0 Å². The summed E-state index contributed by atoms with van der Waals surface area (Å²) in [6, 6.07) is 29.3. The molecule has 21 heavy (non-hydrogen) atoms. The van der Waals surface area contributed by atoms with Crippen LogP contribution in [0.5, 0.6) is 0 Å². The van der Waals surface area contributed by atoms with Crippen LogP contribution in [0.15, 0.2) is 84.9 Å². The van der Waals surface area contributed by atoms with Crippen LogP contribution in [0.2, 0.25) is 0 Å². The Balaban J connectivity index is 0.000000333. The van der Waals surface area contributed by atoms with E-state index in [4.69, 9.17) is 0 Å². The number of rotatable bonds is 0. The van der Waals surface area contributed by atoms with Gasteiger partial charge in [-0.1, -0.05) is 12.1 Å². The second-order valence-electron chi connectivity index (χ2n) is 4.31. The second-order valence-corrected chi connectivity index (χ2v) is 4.31. The zero-order chi connectivity index (χ0) is 12.2. The summed E-state index contributed by atoms with van der Waals surface area (Å²) in [5, 5.41) is 5.32. The summed E-state index contributed by atoms with van der Waals surface area (Å²) in [6.45, 7) is 0. The molecule has 0 saturated carbocycles. The average Bonchev–Trinajstić information content (AvgIpc) is 3.08. The summed E-state index contributed by atoms with van der Waals surface area (Å²) in [5.41, 5.74) is 0. The number of benzene rings is 2. The first kappa shape index (κ1) is 19.9. The minimum absolute atomic E-state index is 0. The first-order valence-corrected chi connectivity index (χ1v) is 6.14. The van der Waals surface area contributed by atoms with Gasteiger partial charge in [0.1, 0.15) is 0 Å². The molecule has 4 aromatic carbocycles. The monoisotopic (exact) mass is 398 g/mol. The maximum absolute atomic E-state index is 2.12. The number of hydrogen-bond acceptors (Lipinski definition) is 0. The first-order valence-electron chi connectivity index (χ1n) is 6.14. The van der Waals surface area contributed by atoms with Crippen molar-refractivity contribution >= 4 is 21.5 Å². The molecule has 0 heterocycles. The van der Waals surface area contributed by atoms with Crippen LogP contribution in [0, 0.1) is 0 Å². The summed E-state index contributed by atoms with van der Waals surface area (Å²) in [5.74, 6) is 0. The molecule has 0 aliphatic heterocycles. The molecule has 0 amide bonds. The fraction of sp³-hybridized carbons (Fsp3) is 0. The Morgan fingerprint density at radius 3 is 1.29 bits per heavy atom. The Morgan fingerprint density at radius 1 is 0.524 bits per heavy atom. The maximum Gasteiger partial charge on any atom is 4.00 e. The molecule has 0 aromatic heterocycles. The topological polar surface area (TPSA) is 0 Å². The second kappa shape index (κ2) is 9.79. The smallest absolute Gasteiger partial charge is 1.00 e. The molecule has 0 N–H and O–H groups in total. The predicted octanol–water partition coefficient (Wildman–Crippen LogP) is -0.877. The van der Waals surface area contributed by atoms with Crippen LogP contribution in [-0.4, -0.2) is 0 Å². The Hall–Kier alpha value is -1.07. The first-order chi connectivity index (χ1) is 8.93. The molecule has 0 fully saturated rings. The van der Waals surface area contributed by atoms with Crippen molar-refractivity contribution in [3.63, 3.8) is 0 Å². The van der Waals surface area contributed by atoms with Crippen molar-refractivity contribution in [1.29, 1.82) is 0 Å². The molecule has 0 unspecified atom stereocenters. The quantitative estimate of drug-likeness (QED) is 0.267. The van der Waals surface area contributed by atoms with E-state index in [0.29, 0.717) is 0 Å². The van der Waals surface area contributed by atoms with Crippen molar-refractivity contribution in [2.75, 3.05) is 0 Å². The normalized spacial score (nSPS) is 8.76. The molecule has 4 aromatic rings. The van der Waals surface area contributed by atoms with E-state index in [1.807, 2.05) is 0 Å². The molecule has 3 heteroatoms. The number of fused-ring (bicyclic) bond motifs is 2. The summed E-state index contributed by atoms with van der Waals surface area (Å²) in [7, 11) is 0. The Labute approximate surface area is 152 Å². The van der Waals surface area contributed by atoms with Crippen LogP contribution in [0.4, 0.5) is 0 Å². The molecule has 0 spiro atoms. The van der Waals surface area contributed by atoms with Crippen molar-refractivity contribution in [2.45, 2.75) is 0 Å². The van der Waals surface area contributed by atoms with Crippen molar-refractivity contribution in [1.82, 2.24) is 0 Å². The standard InChI is InChI=1S/2C9H7.2ClH.Mo/c2*1-2-5-9-7-3-6-8(9)4-1;;;/h2*1-7H;2*1H;/q2*-1;;;+4/p-2.